The van der Waals surface area contributed by atoms with Crippen LogP contribution in [0.1, 0.15) is 55.8 Å². The van der Waals surface area contributed by atoms with Gasteiger partial charge >= 0.3 is 11.9 Å². The smallest absolute Gasteiger partial charge is 0.339 e. The first-order valence-corrected chi connectivity index (χ1v) is 12.8. The van der Waals surface area contributed by atoms with Crippen molar-refractivity contribution in [3.63, 3.8) is 0 Å². The van der Waals surface area contributed by atoms with E-state index in [1.807, 2.05) is 0 Å². The summed E-state index contributed by atoms with van der Waals surface area (Å²) in [5, 5.41) is 2.95. The third kappa shape index (κ3) is 6.11. The molecule has 3 rings (SSSR count). The lowest BCUT2D eigenvalue weighted by molar-refractivity contribution is -0.154. The van der Waals surface area contributed by atoms with Crippen molar-refractivity contribution < 1.29 is 32.3 Å². The van der Waals surface area contributed by atoms with Gasteiger partial charge in [-0.2, -0.15) is 4.31 Å². The van der Waals surface area contributed by atoms with Crippen molar-refractivity contribution in [3.8, 4) is 0 Å². The van der Waals surface area contributed by atoms with Crippen LogP contribution in [-0.4, -0.2) is 63.4 Å². The second-order valence-electron chi connectivity index (χ2n) is 8.71. The Morgan fingerprint density at radius 2 is 1.73 bits per heavy atom. The lowest BCUT2D eigenvalue weighted by atomic mass is 9.86. The van der Waals surface area contributed by atoms with E-state index in [4.69, 9.17) is 9.47 Å². The van der Waals surface area contributed by atoms with E-state index in [0.717, 1.165) is 19.3 Å². The molecule has 1 aromatic rings. The van der Waals surface area contributed by atoms with Gasteiger partial charge in [0.15, 0.2) is 6.61 Å². The van der Waals surface area contributed by atoms with Gasteiger partial charge in [0.2, 0.25) is 10.0 Å². The predicted molar refractivity (Wildman–Crippen MR) is 120 cm³/mol. The topological polar surface area (TPSA) is 119 Å². The Morgan fingerprint density at radius 3 is 2.39 bits per heavy atom. The lowest BCUT2D eigenvalue weighted by Gasteiger charge is -2.31. The molecule has 0 spiro atoms. The molecule has 1 heterocycles. The fourth-order valence-electron chi connectivity index (χ4n) is 4.47. The summed E-state index contributed by atoms with van der Waals surface area (Å²) in [4.78, 5) is 36.5. The number of benzene rings is 1. The van der Waals surface area contributed by atoms with Gasteiger partial charge in [0.25, 0.3) is 5.91 Å². The molecule has 1 aromatic carbocycles. The number of hydrogen-bond acceptors (Lipinski definition) is 7. The number of nitrogens with one attached hydrogen (secondary N) is 1. The average Bonchev–Trinajstić information content (AvgIpc) is 2.83. The van der Waals surface area contributed by atoms with Crippen molar-refractivity contribution in [3.05, 3.63) is 29.8 Å². The van der Waals surface area contributed by atoms with E-state index in [-0.39, 0.29) is 54.9 Å². The Labute approximate surface area is 194 Å². The first kappa shape index (κ1) is 25.2. The molecule has 2 aliphatic rings. The number of ether oxygens (including phenoxy) is 2. The first-order valence-electron chi connectivity index (χ1n) is 11.4. The van der Waals surface area contributed by atoms with E-state index in [1.54, 1.807) is 12.1 Å². The van der Waals surface area contributed by atoms with Gasteiger partial charge in [-0.05, 0) is 43.7 Å². The predicted octanol–water partition coefficient (Wildman–Crippen LogP) is 2.11. The molecule has 0 aromatic heterocycles. The van der Waals surface area contributed by atoms with Gasteiger partial charge in [0.1, 0.15) is 0 Å². The minimum Gasteiger partial charge on any atom is -0.465 e. The van der Waals surface area contributed by atoms with Crippen LogP contribution in [-0.2, 0) is 29.1 Å². The number of rotatable bonds is 7. The highest BCUT2D eigenvalue weighted by atomic mass is 32.2. The fraction of sp³-hybridized carbons (Fsp3) is 0.609. The van der Waals surface area contributed by atoms with Crippen molar-refractivity contribution in [1.29, 1.82) is 0 Å². The summed E-state index contributed by atoms with van der Waals surface area (Å²) < 4.78 is 37.3. The number of nitrogens with zero attached hydrogens (tertiary/aromatic N) is 1. The summed E-state index contributed by atoms with van der Waals surface area (Å²) in [5.74, 6) is -1.59. The van der Waals surface area contributed by atoms with Gasteiger partial charge in [-0.25, -0.2) is 13.2 Å². The fourth-order valence-corrected chi connectivity index (χ4v) is 6.12. The van der Waals surface area contributed by atoms with E-state index >= 15 is 0 Å². The van der Waals surface area contributed by atoms with Gasteiger partial charge in [0.05, 0.1) is 23.5 Å². The number of carbonyl (C=O) groups excluding carboxylic acids is 3. The number of carbonyl (C=O) groups is 3. The van der Waals surface area contributed by atoms with Crippen LogP contribution in [0.3, 0.4) is 0 Å². The maximum atomic E-state index is 13.1. The quantitative estimate of drug-likeness (QED) is 0.594. The minimum absolute atomic E-state index is 0.0279. The highest BCUT2D eigenvalue weighted by Crippen LogP contribution is 2.27. The monoisotopic (exact) mass is 480 g/mol. The van der Waals surface area contributed by atoms with Gasteiger partial charge in [0, 0.05) is 19.1 Å². The molecule has 0 bridgehead atoms. The van der Waals surface area contributed by atoms with Crippen LogP contribution in [0.4, 0.5) is 0 Å². The molecule has 1 N–H and O–H groups in total. The Bertz CT molecular complexity index is 971. The van der Waals surface area contributed by atoms with Crippen molar-refractivity contribution in [2.24, 2.45) is 11.8 Å². The molecular weight excluding hydrogens is 448 g/mol. The van der Waals surface area contributed by atoms with E-state index in [1.165, 1.54) is 30.0 Å². The van der Waals surface area contributed by atoms with Crippen LogP contribution < -0.4 is 5.32 Å². The van der Waals surface area contributed by atoms with Crippen LogP contribution in [0, 0.1) is 11.8 Å². The molecule has 2 atom stereocenters. The van der Waals surface area contributed by atoms with Crippen LogP contribution in [0.5, 0.6) is 0 Å². The van der Waals surface area contributed by atoms with Crippen LogP contribution >= 0.6 is 0 Å². The molecule has 33 heavy (non-hydrogen) atoms. The molecule has 1 amide bonds. The molecule has 10 heteroatoms. The summed E-state index contributed by atoms with van der Waals surface area (Å²) in [5.41, 5.74) is -0.0279. The number of esters is 2. The second kappa shape index (κ2) is 11.1. The molecule has 1 aliphatic carbocycles. The SMILES string of the molecule is COC(=O)c1ccccc1S(=O)(=O)N1CCC(C(=O)OCC(=O)N[C@H]2CCCC[C@H]2C)CC1. The highest BCUT2D eigenvalue weighted by molar-refractivity contribution is 7.89. The third-order valence-electron chi connectivity index (χ3n) is 6.50. The van der Waals surface area contributed by atoms with Crippen molar-refractivity contribution in [2.75, 3.05) is 26.8 Å². The molecule has 1 aliphatic heterocycles. The molecule has 0 radical (unpaired) electrons. The Morgan fingerprint density at radius 1 is 1.06 bits per heavy atom. The number of methoxy groups -OCH3 is 1. The molecule has 2 fully saturated rings. The zero-order valence-electron chi connectivity index (χ0n) is 19.1. The summed E-state index contributed by atoms with van der Waals surface area (Å²) >= 11 is 0. The van der Waals surface area contributed by atoms with Crippen molar-refractivity contribution >= 4 is 27.9 Å². The summed E-state index contributed by atoms with van der Waals surface area (Å²) in [7, 11) is -2.73. The van der Waals surface area contributed by atoms with Gasteiger partial charge in [-0.15, -0.1) is 0 Å². The van der Waals surface area contributed by atoms with Gasteiger partial charge in [-0.1, -0.05) is 31.9 Å². The van der Waals surface area contributed by atoms with Crippen LogP contribution in [0.15, 0.2) is 29.2 Å². The van der Waals surface area contributed by atoms with E-state index in [2.05, 4.69) is 12.2 Å². The summed E-state index contributed by atoms with van der Waals surface area (Å²) in [6.07, 6.45) is 4.83. The summed E-state index contributed by atoms with van der Waals surface area (Å²) in [6.45, 7) is 2.02. The van der Waals surface area contributed by atoms with E-state index < -0.39 is 27.9 Å². The van der Waals surface area contributed by atoms with Crippen LogP contribution in [0.2, 0.25) is 0 Å². The minimum atomic E-state index is -3.93. The third-order valence-corrected chi connectivity index (χ3v) is 8.46. The standard InChI is InChI=1S/C23H32N2O7S/c1-16-7-3-5-9-19(16)24-21(26)15-32-22(27)17-11-13-25(14-12-17)33(29,30)20-10-6-4-8-18(20)23(28)31-2/h4,6,8,10,16-17,19H,3,5,7,9,11-15H2,1-2H3,(H,24,26)/t16-,19+/m1/s1. The molecule has 182 valence electrons. The zero-order chi connectivity index (χ0) is 24.0. The lowest BCUT2D eigenvalue weighted by Crippen LogP contribution is -2.44. The molecule has 1 saturated heterocycles. The summed E-state index contributed by atoms with van der Waals surface area (Å²) in [6, 6.07) is 6.00. The van der Waals surface area contributed by atoms with Crippen molar-refractivity contribution in [2.45, 2.75) is 56.4 Å². The Hall–Kier alpha value is -2.46. The first-order chi connectivity index (χ1) is 15.7. The molecule has 0 unspecified atom stereocenters. The number of amides is 1. The largest absolute Gasteiger partial charge is 0.465 e. The van der Waals surface area contributed by atoms with Crippen molar-refractivity contribution in [1.82, 2.24) is 9.62 Å². The maximum Gasteiger partial charge on any atom is 0.339 e. The van der Waals surface area contributed by atoms with Gasteiger partial charge in [-0.3, -0.25) is 9.59 Å². The molecule has 1 saturated carbocycles. The van der Waals surface area contributed by atoms with E-state index in [9.17, 15) is 22.8 Å². The Kier molecular flexibility index (Phi) is 8.47. The maximum absolute atomic E-state index is 13.1. The Balaban J connectivity index is 1.51. The second-order valence-corrected chi connectivity index (χ2v) is 10.6. The number of piperidine rings is 1. The van der Waals surface area contributed by atoms with Crippen LogP contribution in [0.25, 0.3) is 0 Å². The van der Waals surface area contributed by atoms with E-state index in [0.29, 0.717) is 5.92 Å². The highest BCUT2D eigenvalue weighted by Gasteiger charge is 2.35. The average molecular weight is 481 g/mol. The zero-order valence-corrected chi connectivity index (χ0v) is 19.9. The number of hydrogen-bond donors (Lipinski definition) is 1. The number of sulfonamides is 1. The normalized spacial score (nSPS) is 22.4. The van der Waals surface area contributed by atoms with Gasteiger partial charge < -0.3 is 14.8 Å². The molecule has 9 nitrogen and oxygen atoms in total. The molecular formula is C23H32N2O7S.